The Morgan fingerprint density at radius 2 is 0.795 bits per heavy atom. The van der Waals surface area contributed by atoms with Crippen molar-refractivity contribution >= 4 is 22.3 Å². The van der Waals surface area contributed by atoms with Gasteiger partial charge < -0.3 is 0 Å². The van der Waals surface area contributed by atoms with E-state index in [-0.39, 0.29) is 16.0 Å². The monoisotopic (exact) mass is 600 g/mol. The number of hydrogen-bond acceptors (Lipinski definition) is 6. The minimum absolute atomic E-state index is 0.0405. The first-order chi connectivity index (χ1) is 20.9. The third-order valence-electron chi connectivity index (χ3n) is 6.35. The number of hydrogen-bond donors (Lipinski definition) is 0. The van der Waals surface area contributed by atoms with E-state index in [4.69, 9.17) is 21.0 Å². The second-order valence-electron chi connectivity index (χ2n) is 8.51. The standard InChI is InChI=1S/C30H4F8N6/c31-23-16(9-43)24(32)28(36)21(27(23)35)14(7-41)19-18(12-3-1-11(2-4-12)13(5-39)6-40)20(19)15(8-42)22-29(37)25(33)17(10-44)26(34)30(22)38/h1-4H/b19-14-,20-15+. The Kier molecular flexibility index (Phi) is 7.74. The van der Waals surface area contributed by atoms with E-state index in [0.29, 0.717) is 0 Å². The Bertz CT molecular complexity index is 2110. The highest BCUT2D eigenvalue weighted by Crippen LogP contribution is 2.54. The minimum Gasteiger partial charge on any atom is -0.203 e. The van der Waals surface area contributed by atoms with Crippen molar-refractivity contribution in [3.63, 3.8) is 0 Å². The lowest BCUT2D eigenvalue weighted by molar-refractivity contribution is 0.446. The van der Waals surface area contributed by atoms with Crippen LogP contribution >= 0.6 is 0 Å². The van der Waals surface area contributed by atoms with Crippen LogP contribution in [0.2, 0.25) is 0 Å². The average molecular weight is 600 g/mol. The van der Waals surface area contributed by atoms with Gasteiger partial charge in [-0.05, 0) is 5.22 Å². The molecule has 4 rings (SSSR count). The van der Waals surface area contributed by atoms with Crippen LogP contribution in [0, 0.1) is 115 Å². The van der Waals surface area contributed by atoms with E-state index in [2.05, 4.69) is 0 Å². The van der Waals surface area contributed by atoms with Gasteiger partial charge in [-0.1, -0.05) is 24.3 Å². The summed E-state index contributed by atoms with van der Waals surface area (Å²) in [4.78, 5) is 0. The summed E-state index contributed by atoms with van der Waals surface area (Å²) in [5, 5.41) is 55.5. The van der Waals surface area contributed by atoms with Gasteiger partial charge in [0.25, 0.3) is 0 Å². The normalized spacial score (nSPS) is 13.8. The zero-order valence-corrected chi connectivity index (χ0v) is 21.0. The molecule has 6 nitrogen and oxygen atoms in total. The number of nitrogens with zero attached hydrogens (tertiary/aromatic N) is 6. The molecule has 1 aliphatic rings. The van der Waals surface area contributed by atoms with Crippen LogP contribution in [-0.2, 0) is 0 Å². The van der Waals surface area contributed by atoms with Gasteiger partial charge in [0, 0.05) is 21.9 Å². The number of benzene rings is 3. The fourth-order valence-corrected chi connectivity index (χ4v) is 4.31. The number of rotatable bonds is 2. The van der Waals surface area contributed by atoms with Crippen LogP contribution in [-0.4, -0.2) is 0 Å². The van der Waals surface area contributed by atoms with Crippen molar-refractivity contribution in [2.75, 3.05) is 0 Å². The molecule has 1 aliphatic carbocycles. The van der Waals surface area contributed by atoms with E-state index in [1.54, 1.807) is 12.1 Å². The van der Waals surface area contributed by atoms with Crippen LogP contribution in [0.4, 0.5) is 35.1 Å². The number of halogens is 8. The molecule has 0 unspecified atom stereocenters. The van der Waals surface area contributed by atoms with Gasteiger partial charge in [-0.3, -0.25) is 0 Å². The van der Waals surface area contributed by atoms with Crippen LogP contribution < -0.4 is 10.4 Å². The molecule has 210 valence electrons. The van der Waals surface area contributed by atoms with Crippen molar-refractivity contribution in [2.24, 2.45) is 0 Å². The van der Waals surface area contributed by atoms with E-state index in [0.717, 1.165) is 36.4 Å². The van der Waals surface area contributed by atoms with Crippen molar-refractivity contribution in [1.82, 2.24) is 0 Å². The summed E-state index contributed by atoms with van der Waals surface area (Å²) in [6, 6.07) is 12.1. The van der Waals surface area contributed by atoms with E-state index >= 15 is 0 Å². The van der Waals surface area contributed by atoms with Gasteiger partial charge in [-0.2, -0.15) is 31.6 Å². The predicted molar refractivity (Wildman–Crippen MR) is 131 cm³/mol. The van der Waals surface area contributed by atoms with Crippen molar-refractivity contribution in [3.05, 3.63) is 115 Å². The van der Waals surface area contributed by atoms with E-state index in [1.165, 1.54) is 12.1 Å². The average Bonchev–Trinajstić information content (AvgIpc) is 3.75. The quantitative estimate of drug-likeness (QED) is 0.234. The summed E-state index contributed by atoms with van der Waals surface area (Å²) in [5.41, 5.74) is -11.5. The highest BCUT2D eigenvalue weighted by atomic mass is 19.2. The fourth-order valence-electron chi connectivity index (χ4n) is 4.31. The van der Waals surface area contributed by atoms with Crippen molar-refractivity contribution in [2.45, 2.75) is 0 Å². The van der Waals surface area contributed by atoms with Gasteiger partial charge >= 0.3 is 0 Å². The molecular formula is C30H4F8N6. The largest absolute Gasteiger partial charge is 0.203 e. The summed E-state index contributed by atoms with van der Waals surface area (Å²) in [5.74, 6) is -17.7. The Morgan fingerprint density at radius 3 is 1.07 bits per heavy atom. The molecule has 0 aromatic heterocycles. The third kappa shape index (κ3) is 4.38. The minimum atomic E-state index is -2.22. The topological polar surface area (TPSA) is 143 Å². The zero-order chi connectivity index (χ0) is 32.6. The van der Waals surface area contributed by atoms with Crippen molar-refractivity contribution in [1.29, 1.82) is 31.6 Å². The summed E-state index contributed by atoms with van der Waals surface area (Å²) in [6.07, 6.45) is 0. The molecule has 1 fully saturated rings. The predicted octanol–water partition coefficient (Wildman–Crippen LogP) is 4.86. The second kappa shape index (κ2) is 11.3. The molecule has 3 aromatic rings. The van der Waals surface area contributed by atoms with Crippen molar-refractivity contribution < 1.29 is 35.1 Å². The maximum Gasteiger partial charge on any atom is 0.180 e. The third-order valence-corrected chi connectivity index (χ3v) is 6.35. The second-order valence-corrected chi connectivity index (χ2v) is 8.51. The lowest BCUT2D eigenvalue weighted by atomic mass is 9.99. The SMILES string of the molecule is N#CC(C#N)=c1ccc(=C2C(=C(\C#N)c3c(F)c(F)c(C#N)c(F)c3F)/C2=C(\C#N)c2c(F)c(F)c(C#N)c(F)c2F)cc1. The van der Waals surface area contributed by atoms with E-state index in [1.807, 2.05) is 0 Å². The Labute approximate surface area is 240 Å². The Morgan fingerprint density at radius 1 is 0.455 bits per heavy atom. The van der Waals surface area contributed by atoms with Gasteiger partial charge in [-0.15, -0.1) is 0 Å². The molecular weight excluding hydrogens is 596 g/mol. The van der Waals surface area contributed by atoms with Gasteiger partial charge in [0.1, 0.15) is 53.1 Å². The molecule has 0 saturated heterocycles. The molecule has 14 heteroatoms. The van der Waals surface area contributed by atoms with Gasteiger partial charge in [0.15, 0.2) is 46.5 Å². The fraction of sp³-hybridized carbons (Fsp3) is 0. The molecule has 3 aromatic carbocycles. The molecule has 1 saturated carbocycles. The molecule has 0 atom stereocenters. The number of allylic oxidation sites excluding steroid dienone is 4. The summed E-state index contributed by atoms with van der Waals surface area (Å²) >= 11 is 0. The molecule has 0 N–H and O–H groups in total. The van der Waals surface area contributed by atoms with Crippen LogP contribution in [0.1, 0.15) is 22.3 Å². The summed E-state index contributed by atoms with van der Waals surface area (Å²) in [6.45, 7) is 0. The smallest absolute Gasteiger partial charge is 0.180 e. The van der Waals surface area contributed by atoms with Crippen LogP contribution in [0.15, 0.2) is 35.4 Å². The van der Waals surface area contributed by atoms with Crippen LogP contribution in [0.3, 0.4) is 0 Å². The van der Waals surface area contributed by atoms with Gasteiger partial charge in [0.05, 0.1) is 22.3 Å². The number of nitriles is 6. The molecule has 0 aliphatic heterocycles. The van der Waals surface area contributed by atoms with Gasteiger partial charge in [0.2, 0.25) is 0 Å². The lowest BCUT2D eigenvalue weighted by Gasteiger charge is -2.08. The zero-order valence-electron chi connectivity index (χ0n) is 21.0. The summed E-state index contributed by atoms with van der Waals surface area (Å²) in [7, 11) is 0. The highest BCUT2D eigenvalue weighted by molar-refractivity contribution is 6.21. The Hall–Kier alpha value is -6.74. The molecule has 0 bridgehead atoms. The highest BCUT2D eigenvalue weighted by Gasteiger charge is 2.43. The van der Waals surface area contributed by atoms with Gasteiger partial charge in [-0.25, -0.2) is 35.1 Å². The summed E-state index contributed by atoms with van der Waals surface area (Å²) < 4.78 is 118. The molecule has 0 spiro atoms. The first-order valence-electron chi connectivity index (χ1n) is 11.4. The van der Waals surface area contributed by atoms with Crippen LogP contribution in [0.25, 0.3) is 22.3 Å². The maximum atomic E-state index is 15.0. The molecule has 0 heterocycles. The van der Waals surface area contributed by atoms with E-state index < -0.39 is 96.7 Å². The van der Waals surface area contributed by atoms with E-state index in [9.17, 15) is 45.6 Å². The van der Waals surface area contributed by atoms with Crippen molar-refractivity contribution in [3.8, 4) is 36.4 Å². The maximum absolute atomic E-state index is 15.0. The molecule has 0 amide bonds. The molecule has 0 radical (unpaired) electrons. The van der Waals surface area contributed by atoms with Crippen LogP contribution in [0.5, 0.6) is 0 Å². The molecule has 44 heavy (non-hydrogen) atoms. The first kappa shape index (κ1) is 30.2. The first-order valence-corrected chi connectivity index (χ1v) is 11.4. The lowest BCUT2D eigenvalue weighted by Crippen LogP contribution is -2.09. The Balaban J connectivity index is 2.28.